The summed E-state index contributed by atoms with van der Waals surface area (Å²) in [7, 11) is 0. The van der Waals surface area contributed by atoms with Crippen LogP contribution in [0.2, 0.25) is 0 Å². The number of carbonyl (C=O) groups is 2. The van der Waals surface area contributed by atoms with Crippen molar-refractivity contribution in [2.75, 3.05) is 37.9 Å². The van der Waals surface area contributed by atoms with Crippen molar-refractivity contribution in [3.8, 4) is 5.69 Å². The van der Waals surface area contributed by atoms with E-state index in [0.717, 1.165) is 6.07 Å². The Morgan fingerprint density at radius 2 is 1.90 bits per heavy atom. The number of rotatable bonds is 9. The van der Waals surface area contributed by atoms with E-state index in [-0.39, 0.29) is 38.1 Å². The number of aromatic nitrogens is 4. The number of halogens is 2. The molecular weight excluding hydrogens is 528 g/mol. The lowest BCUT2D eigenvalue weighted by Gasteiger charge is -2.41. The SMILES string of the molecule is CC(=O)OCN1C=NN(C[C@@](O)(c2ccc(F)cc2F)[C@@H](C)N2CCN(c3ccc(-n4cnnn4)cc3)C2=O)C1. The van der Waals surface area contributed by atoms with Crippen LogP contribution in [0.1, 0.15) is 19.4 Å². The summed E-state index contributed by atoms with van der Waals surface area (Å²) < 4.78 is 35.3. The predicted molar refractivity (Wildman–Crippen MR) is 137 cm³/mol. The van der Waals surface area contributed by atoms with Crippen LogP contribution in [0.25, 0.3) is 5.69 Å². The predicted octanol–water partition coefficient (Wildman–Crippen LogP) is 1.50. The summed E-state index contributed by atoms with van der Waals surface area (Å²) in [6, 6.07) is 8.64. The van der Waals surface area contributed by atoms with Gasteiger partial charge in [-0.15, -0.1) is 5.10 Å². The molecule has 2 aliphatic heterocycles. The van der Waals surface area contributed by atoms with Crippen molar-refractivity contribution in [1.29, 1.82) is 0 Å². The zero-order valence-electron chi connectivity index (χ0n) is 21.8. The first kappa shape index (κ1) is 26.9. The minimum absolute atomic E-state index is 0.0555. The van der Waals surface area contributed by atoms with Gasteiger partial charge in [-0.1, -0.05) is 6.07 Å². The third-order valence-corrected chi connectivity index (χ3v) is 6.95. The van der Waals surface area contributed by atoms with Crippen LogP contribution in [0.3, 0.4) is 0 Å². The van der Waals surface area contributed by atoms with Crippen molar-refractivity contribution in [2.24, 2.45) is 5.10 Å². The zero-order valence-corrected chi connectivity index (χ0v) is 21.8. The van der Waals surface area contributed by atoms with Crippen molar-refractivity contribution >= 4 is 24.0 Å². The van der Waals surface area contributed by atoms with Gasteiger partial charge in [0.1, 0.15) is 36.6 Å². The van der Waals surface area contributed by atoms with Crippen molar-refractivity contribution in [1.82, 2.24) is 35.0 Å². The Balaban J connectivity index is 1.37. The van der Waals surface area contributed by atoms with Crippen molar-refractivity contribution in [3.05, 3.63) is 66.0 Å². The van der Waals surface area contributed by atoms with E-state index in [1.807, 2.05) is 0 Å². The lowest BCUT2D eigenvalue weighted by atomic mass is 9.85. The number of anilines is 1. The standard InChI is InChI=1S/C25H27F2N9O4/c1-17(34-9-10-35(24(34)38)20-4-6-21(7-5-20)36-13-28-30-31-36)25(39,22-8-3-19(26)11-23(22)27)12-33-15-32(14-29-33)16-40-18(2)37/h3-8,11,13-14,17,39H,9-10,12,15-16H2,1-2H3/t17-,25+/m1/s1. The van der Waals surface area contributed by atoms with Crippen LogP contribution >= 0.6 is 0 Å². The largest absolute Gasteiger partial charge is 0.444 e. The Bertz CT molecular complexity index is 1410. The maximum Gasteiger partial charge on any atom is 0.324 e. The lowest BCUT2D eigenvalue weighted by molar-refractivity contribution is -0.144. The minimum Gasteiger partial charge on any atom is -0.444 e. The summed E-state index contributed by atoms with van der Waals surface area (Å²) >= 11 is 0. The third-order valence-electron chi connectivity index (χ3n) is 6.95. The van der Waals surface area contributed by atoms with Gasteiger partial charge in [0.05, 0.1) is 18.3 Å². The lowest BCUT2D eigenvalue weighted by Crippen LogP contribution is -2.55. The van der Waals surface area contributed by atoms with Gasteiger partial charge < -0.3 is 19.6 Å². The second-order valence-electron chi connectivity index (χ2n) is 9.51. The molecule has 1 saturated heterocycles. The fourth-order valence-corrected chi connectivity index (χ4v) is 4.80. The molecule has 3 aromatic rings. The van der Waals surface area contributed by atoms with E-state index in [1.165, 1.54) is 40.2 Å². The van der Waals surface area contributed by atoms with Crippen LogP contribution in [0.5, 0.6) is 0 Å². The number of ether oxygens (including phenoxy) is 1. The molecule has 40 heavy (non-hydrogen) atoms. The number of esters is 1. The van der Waals surface area contributed by atoms with E-state index in [2.05, 4.69) is 20.6 Å². The number of benzene rings is 2. The van der Waals surface area contributed by atoms with E-state index in [1.54, 1.807) is 41.0 Å². The molecule has 0 bridgehead atoms. The topological polar surface area (TPSA) is 133 Å². The molecule has 1 N–H and O–H groups in total. The Morgan fingerprint density at radius 3 is 2.58 bits per heavy atom. The fourth-order valence-electron chi connectivity index (χ4n) is 4.80. The van der Waals surface area contributed by atoms with Gasteiger partial charge in [-0.3, -0.25) is 14.7 Å². The monoisotopic (exact) mass is 555 g/mol. The minimum atomic E-state index is -1.98. The van der Waals surface area contributed by atoms with Gasteiger partial charge in [-0.05, 0) is 47.7 Å². The summed E-state index contributed by atoms with van der Waals surface area (Å²) in [5.41, 5.74) is -0.826. The van der Waals surface area contributed by atoms with Gasteiger partial charge in [0.25, 0.3) is 0 Å². The van der Waals surface area contributed by atoms with Gasteiger partial charge in [-0.25, -0.2) is 18.3 Å². The molecule has 0 radical (unpaired) electrons. The fraction of sp³-hybridized carbons (Fsp3) is 0.360. The van der Waals surface area contributed by atoms with E-state index >= 15 is 4.39 Å². The smallest absolute Gasteiger partial charge is 0.324 e. The number of nitrogens with zero attached hydrogens (tertiary/aromatic N) is 9. The van der Waals surface area contributed by atoms with E-state index in [9.17, 15) is 19.1 Å². The van der Waals surface area contributed by atoms with Crippen LogP contribution < -0.4 is 4.90 Å². The van der Waals surface area contributed by atoms with Gasteiger partial charge >= 0.3 is 12.0 Å². The van der Waals surface area contributed by atoms with Crippen LogP contribution in [-0.2, 0) is 15.1 Å². The average molecular weight is 556 g/mol. The number of urea groups is 1. The Hall–Kier alpha value is -4.66. The molecule has 15 heteroatoms. The molecular formula is C25H27F2N9O4. The molecule has 1 aromatic heterocycles. The molecule has 13 nitrogen and oxygen atoms in total. The van der Waals surface area contributed by atoms with Gasteiger partial charge in [0.15, 0.2) is 6.73 Å². The highest BCUT2D eigenvalue weighted by molar-refractivity contribution is 5.94. The van der Waals surface area contributed by atoms with Gasteiger partial charge in [0.2, 0.25) is 0 Å². The third kappa shape index (κ3) is 5.27. The van der Waals surface area contributed by atoms with Crippen molar-refractivity contribution in [2.45, 2.75) is 25.5 Å². The van der Waals surface area contributed by atoms with Crippen LogP contribution in [-0.4, -0.2) is 97.5 Å². The highest BCUT2D eigenvalue weighted by Crippen LogP contribution is 2.35. The number of hydrazone groups is 1. The van der Waals surface area contributed by atoms with Crippen LogP contribution in [0.4, 0.5) is 19.3 Å². The normalized spacial score (nSPS) is 17.5. The zero-order chi connectivity index (χ0) is 28.4. The summed E-state index contributed by atoms with van der Waals surface area (Å²) in [6.45, 7) is 3.32. The number of tetrazole rings is 1. The van der Waals surface area contributed by atoms with Crippen molar-refractivity contribution < 1.29 is 28.2 Å². The first-order valence-corrected chi connectivity index (χ1v) is 12.4. The Labute approximate surface area is 227 Å². The molecule has 0 unspecified atom stereocenters. The molecule has 0 aliphatic carbocycles. The second-order valence-corrected chi connectivity index (χ2v) is 9.51. The van der Waals surface area contributed by atoms with Gasteiger partial charge in [-0.2, -0.15) is 5.10 Å². The highest BCUT2D eigenvalue weighted by atomic mass is 19.1. The van der Waals surface area contributed by atoms with E-state index in [0.29, 0.717) is 24.0 Å². The van der Waals surface area contributed by atoms with Gasteiger partial charge in [0, 0.05) is 37.3 Å². The number of hydrogen-bond acceptors (Lipinski definition) is 10. The van der Waals surface area contributed by atoms with Crippen LogP contribution in [0.15, 0.2) is 53.9 Å². The second kappa shape index (κ2) is 10.8. The average Bonchev–Trinajstić information content (AvgIpc) is 3.69. The van der Waals surface area contributed by atoms with Crippen molar-refractivity contribution in [3.63, 3.8) is 0 Å². The number of amides is 2. The van der Waals surface area contributed by atoms with Crippen LogP contribution in [0, 0.1) is 11.6 Å². The Kier molecular flexibility index (Phi) is 7.30. The molecule has 1 fully saturated rings. The molecule has 0 saturated carbocycles. The first-order chi connectivity index (χ1) is 19.2. The van der Waals surface area contributed by atoms with E-state index in [4.69, 9.17) is 4.74 Å². The molecule has 210 valence electrons. The summed E-state index contributed by atoms with van der Waals surface area (Å²) in [6.07, 6.45) is 2.88. The number of β-amino-alcohol motifs (C(OH)–C–C–N with tert-alkyl or cyclic N) is 1. The molecule has 5 rings (SSSR count). The molecule has 0 spiro atoms. The Morgan fingerprint density at radius 1 is 1.15 bits per heavy atom. The molecule has 2 aromatic carbocycles. The maximum absolute atomic E-state index is 15.1. The molecule has 3 heterocycles. The summed E-state index contributed by atoms with van der Waals surface area (Å²) in [5, 5.41) is 28.8. The number of carbonyl (C=O) groups excluding carboxylic acids is 2. The summed E-state index contributed by atoms with van der Waals surface area (Å²) in [5.74, 6) is -2.21. The van der Waals surface area contributed by atoms with E-state index < -0.39 is 29.2 Å². The molecule has 2 amide bonds. The molecule has 2 atom stereocenters. The first-order valence-electron chi connectivity index (χ1n) is 12.4. The number of aliphatic hydroxyl groups is 1. The molecule has 2 aliphatic rings. The quantitative estimate of drug-likeness (QED) is 0.390. The number of hydrogen-bond donors (Lipinski definition) is 1. The maximum atomic E-state index is 15.1. The summed E-state index contributed by atoms with van der Waals surface area (Å²) in [4.78, 5) is 29.3. The highest BCUT2D eigenvalue weighted by Gasteiger charge is 2.47.